The monoisotopic (exact) mass is 88.1 g/mol. The van der Waals surface area contributed by atoms with Crippen LogP contribution in [0.15, 0.2) is 0 Å². The van der Waals surface area contributed by atoms with Crippen molar-refractivity contribution in [3.05, 3.63) is 0 Å². The molecule has 35 valence electrons. The molecular weight excluding hydrogens is 82.0 g/mol. The van der Waals surface area contributed by atoms with Crippen molar-refractivity contribution < 1.29 is 4.84 Å². The average Bonchev–Trinajstić information content (AvgIpc) is 1.35. The number of amidine groups is 1. The summed E-state index contributed by atoms with van der Waals surface area (Å²) in [6, 6.07) is 0. The first-order valence-corrected chi connectivity index (χ1v) is 1.39. The number of hydrogen-bond acceptors (Lipinski definition) is 2. The third-order valence-corrected chi connectivity index (χ3v) is 0.228. The Morgan fingerprint density at radius 1 is 1.83 bits per heavy atom. The minimum absolute atomic E-state index is 0.0972. The molecule has 0 fully saturated rings. The van der Waals surface area contributed by atoms with Crippen molar-refractivity contribution in [1.29, 1.82) is 5.41 Å². The first kappa shape index (κ1) is 5.39. The van der Waals surface area contributed by atoms with E-state index in [0.29, 0.717) is 0 Å². The van der Waals surface area contributed by atoms with Crippen LogP contribution in [0.2, 0.25) is 0 Å². The van der Waals surface area contributed by atoms with Crippen LogP contribution in [0.1, 0.15) is 0 Å². The lowest BCUT2D eigenvalue weighted by Gasteiger charge is -1.86. The summed E-state index contributed by atoms with van der Waals surface area (Å²) in [4.78, 5) is 3.70. The summed E-state index contributed by atoms with van der Waals surface area (Å²) >= 11 is 0. The molecule has 0 bridgehead atoms. The zero-order chi connectivity index (χ0) is 4.99. The molecule has 0 amide bonds. The average molecular weight is 88.1 g/mol. The third-order valence-electron chi connectivity index (χ3n) is 0.228. The molecule has 0 unspecified atom stereocenters. The Kier molecular flexibility index (Phi) is 2.35. The fourth-order valence-corrected chi connectivity index (χ4v) is 0.0778. The Labute approximate surface area is 35.5 Å². The largest absolute Gasteiger partial charge is 0.386 e. The Hall–Kier alpha value is -0.610. The summed E-state index contributed by atoms with van der Waals surface area (Å²) < 4.78 is 0. The summed E-state index contributed by atoms with van der Waals surface area (Å²) in [6.07, 6.45) is 0. The van der Waals surface area contributed by atoms with E-state index in [1.807, 2.05) is 0 Å². The molecule has 0 saturated carbocycles. The molecule has 0 aromatic rings. The lowest BCUT2D eigenvalue weighted by Crippen LogP contribution is -2.16. The highest BCUT2D eigenvalue weighted by atomic mass is 16.6. The first-order valence-electron chi connectivity index (χ1n) is 1.39. The van der Waals surface area contributed by atoms with Gasteiger partial charge in [0.1, 0.15) is 12.4 Å². The molecular formula is C2H6N3O. The van der Waals surface area contributed by atoms with Gasteiger partial charge in [0.25, 0.3) is 0 Å². The van der Waals surface area contributed by atoms with Gasteiger partial charge in [-0.15, -0.1) is 5.90 Å². The lowest BCUT2D eigenvalue weighted by atomic mass is 10.7. The molecule has 0 saturated heterocycles. The maximum absolute atomic E-state index is 6.43. The van der Waals surface area contributed by atoms with E-state index in [1.54, 1.807) is 0 Å². The molecule has 0 aliphatic heterocycles. The van der Waals surface area contributed by atoms with Crippen molar-refractivity contribution in [2.75, 3.05) is 6.61 Å². The number of hydrogen-bond donors (Lipinski definition) is 2. The normalized spacial score (nSPS) is 8.17. The van der Waals surface area contributed by atoms with Crippen LogP contribution < -0.4 is 11.6 Å². The molecule has 0 aromatic carbocycles. The molecule has 4 N–H and O–H groups in total. The van der Waals surface area contributed by atoms with Crippen LogP contribution in [-0.2, 0) is 4.84 Å². The minimum atomic E-state index is -0.120. The van der Waals surface area contributed by atoms with E-state index in [0.717, 1.165) is 0 Å². The predicted molar refractivity (Wildman–Crippen MR) is 21.0 cm³/mol. The van der Waals surface area contributed by atoms with Gasteiger partial charge in [0.2, 0.25) is 0 Å². The molecule has 1 radical (unpaired) electrons. The van der Waals surface area contributed by atoms with Gasteiger partial charge in [-0.05, 0) is 0 Å². The van der Waals surface area contributed by atoms with Gasteiger partial charge in [-0.3, -0.25) is 10.2 Å². The van der Waals surface area contributed by atoms with E-state index in [2.05, 4.69) is 4.84 Å². The number of rotatable bonds is 2. The van der Waals surface area contributed by atoms with Gasteiger partial charge < -0.3 is 5.73 Å². The van der Waals surface area contributed by atoms with Crippen molar-refractivity contribution in [2.45, 2.75) is 0 Å². The number of nitrogens with two attached hydrogens (primary N) is 1. The molecule has 0 aliphatic carbocycles. The second-order valence-electron chi connectivity index (χ2n) is 0.814. The fraction of sp³-hybridized carbons (Fsp3) is 0.500. The van der Waals surface area contributed by atoms with Crippen molar-refractivity contribution in [1.82, 2.24) is 5.90 Å². The fourth-order valence-electron chi connectivity index (χ4n) is 0.0778. The van der Waals surface area contributed by atoms with Crippen LogP contribution in [0, 0.1) is 5.41 Å². The van der Waals surface area contributed by atoms with Gasteiger partial charge in [-0.2, -0.15) is 0 Å². The zero-order valence-electron chi connectivity index (χ0n) is 3.19. The zero-order valence-corrected chi connectivity index (χ0v) is 3.19. The van der Waals surface area contributed by atoms with E-state index in [-0.39, 0.29) is 12.4 Å². The van der Waals surface area contributed by atoms with Crippen molar-refractivity contribution in [2.24, 2.45) is 5.73 Å². The Morgan fingerprint density at radius 3 is 2.33 bits per heavy atom. The predicted octanol–water partition coefficient (Wildman–Crippen LogP) is -0.863. The molecule has 0 rings (SSSR count). The smallest absolute Gasteiger partial charge is 0.127 e. The van der Waals surface area contributed by atoms with E-state index in [4.69, 9.17) is 17.0 Å². The van der Waals surface area contributed by atoms with Crippen LogP contribution in [0.3, 0.4) is 0 Å². The van der Waals surface area contributed by atoms with E-state index >= 15 is 0 Å². The molecule has 4 nitrogen and oxygen atoms in total. The SMILES string of the molecule is [NH]OCC(=N)N. The second kappa shape index (κ2) is 2.62. The van der Waals surface area contributed by atoms with Gasteiger partial charge in [-0.1, -0.05) is 0 Å². The second-order valence-corrected chi connectivity index (χ2v) is 0.814. The highest BCUT2D eigenvalue weighted by Crippen LogP contribution is 1.57. The van der Waals surface area contributed by atoms with Crippen molar-refractivity contribution >= 4 is 5.84 Å². The van der Waals surface area contributed by atoms with Crippen LogP contribution >= 0.6 is 0 Å². The minimum Gasteiger partial charge on any atom is -0.386 e. The quantitative estimate of drug-likeness (QED) is 0.261. The maximum Gasteiger partial charge on any atom is 0.127 e. The molecule has 0 heterocycles. The topological polar surface area (TPSA) is 82.9 Å². The maximum atomic E-state index is 6.43. The van der Waals surface area contributed by atoms with Crippen LogP contribution in [0.25, 0.3) is 0 Å². The Balaban J connectivity index is 2.83. The molecule has 0 aliphatic rings. The summed E-state index contributed by atoms with van der Waals surface area (Å²) in [7, 11) is 0. The highest BCUT2D eigenvalue weighted by Gasteiger charge is 1.80. The highest BCUT2D eigenvalue weighted by molar-refractivity contribution is 5.77. The lowest BCUT2D eigenvalue weighted by molar-refractivity contribution is 0.155. The summed E-state index contributed by atoms with van der Waals surface area (Å²) in [5, 5.41) is 6.43. The molecule has 0 atom stereocenters. The van der Waals surface area contributed by atoms with E-state index < -0.39 is 0 Å². The molecule has 0 aromatic heterocycles. The summed E-state index contributed by atoms with van der Waals surface area (Å²) in [5.41, 5.74) is 4.74. The first-order chi connectivity index (χ1) is 2.77. The van der Waals surface area contributed by atoms with Gasteiger partial charge in [0.15, 0.2) is 0 Å². The van der Waals surface area contributed by atoms with Crippen LogP contribution in [-0.4, -0.2) is 12.4 Å². The Morgan fingerprint density at radius 2 is 2.33 bits per heavy atom. The van der Waals surface area contributed by atoms with Gasteiger partial charge in [0, 0.05) is 0 Å². The summed E-state index contributed by atoms with van der Waals surface area (Å²) in [6.45, 7) is -0.0972. The standard InChI is InChI=1S/C2H6N3O/c3-2(4)1-6-5/h5H,1H2,(H3,3,4). The van der Waals surface area contributed by atoms with Crippen molar-refractivity contribution in [3.63, 3.8) is 0 Å². The van der Waals surface area contributed by atoms with E-state index in [9.17, 15) is 0 Å². The molecule has 0 spiro atoms. The molecule has 6 heavy (non-hydrogen) atoms. The van der Waals surface area contributed by atoms with Gasteiger partial charge >= 0.3 is 0 Å². The van der Waals surface area contributed by atoms with E-state index in [1.165, 1.54) is 0 Å². The van der Waals surface area contributed by atoms with Crippen LogP contribution in [0.5, 0.6) is 0 Å². The van der Waals surface area contributed by atoms with Crippen LogP contribution in [0.4, 0.5) is 0 Å². The number of nitrogens with one attached hydrogen (secondary N) is 2. The van der Waals surface area contributed by atoms with Crippen molar-refractivity contribution in [3.8, 4) is 0 Å². The van der Waals surface area contributed by atoms with Gasteiger partial charge in [0.05, 0.1) is 0 Å². The van der Waals surface area contributed by atoms with Gasteiger partial charge in [-0.25, -0.2) is 0 Å². The third kappa shape index (κ3) is 3.39. The molecule has 4 heteroatoms. The summed E-state index contributed by atoms with van der Waals surface area (Å²) in [5.74, 6) is 5.89. The Bertz CT molecular complexity index is 52.8.